The fraction of sp³-hybridized carbons (Fsp3) is 0.556. The predicted molar refractivity (Wildman–Crippen MR) is 44.3 cm³/mol. The number of hydrogen-bond acceptors (Lipinski definition) is 2. The minimum atomic E-state index is -0.405. The van der Waals surface area contributed by atoms with Crippen molar-refractivity contribution in [3.8, 4) is 0 Å². The summed E-state index contributed by atoms with van der Waals surface area (Å²) in [7, 11) is 0. The van der Waals surface area contributed by atoms with Gasteiger partial charge in [0.1, 0.15) is 12.1 Å². The van der Waals surface area contributed by atoms with Crippen LogP contribution in [0.15, 0.2) is 12.7 Å². The zero-order valence-corrected chi connectivity index (χ0v) is 6.88. The number of ketones is 1. The third-order valence-electron chi connectivity index (χ3n) is 1.61. The van der Waals surface area contributed by atoms with Crippen molar-refractivity contribution in [1.82, 2.24) is 0 Å². The molecule has 0 aliphatic rings. The van der Waals surface area contributed by atoms with Crippen molar-refractivity contribution < 1.29 is 9.59 Å². The molecule has 0 radical (unpaired) electrons. The number of rotatable bonds is 6. The van der Waals surface area contributed by atoms with E-state index in [-0.39, 0.29) is 5.78 Å². The van der Waals surface area contributed by atoms with Crippen molar-refractivity contribution >= 4 is 12.1 Å². The van der Waals surface area contributed by atoms with E-state index in [1.54, 1.807) is 13.0 Å². The van der Waals surface area contributed by atoms with Gasteiger partial charge in [-0.3, -0.25) is 4.79 Å². The van der Waals surface area contributed by atoms with E-state index >= 15 is 0 Å². The van der Waals surface area contributed by atoms with Crippen molar-refractivity contribution in [1.29, 1.82) is 0 Å². The normalized spacial score (nSPS) is 12.1. The highest BCUT2D eigenvalue weighted by Crippen LogP contribution is 2.07. The van der Waals surface area contributed by atoms with Crippen LogP contribution in [-0.4, -0.2) is 12.1 Å². The van der Waals surface area contributed by atoms with E-state index in [0.29, 0.717) is 12.8 Å². The molecular weight excluding hydrogens is 140 g/mol. The van der Waals surface area contributed by atoms with E-state index in [9.17, 15) is 9.59 Å². The average molecular weight is 154 g/mol. The summed E-state index contributed by atoms with van der Waals surface area (Å²) in [5, 5.41) is 0. The number of carbonyl (C=O) groups excluding carboxylic acids is 2. The molecule has 1 atom stereocenters. The van der Waals surface area contributed by atoms with Crippen LogP contribution in [0.25, 0.3) is 0 Å². The van der Waals surface area contributed by atoms with Crippen molar-refractivity contribution in [2.45, 2.75) is 26.2 Å². The first-order valence-corrected chi connectivity index (χ1v) is 3.85. The second kappa shape index (κ2) is 5.83. The standard InChI is InChI=1S/C9H14O2/c1-3-5-6-8(7-10)9(11)4-2/h3,7-8H,1,4-6H2,2H3. The van der Waals surface area contributed by atoms with Gasteiger partial charge in [0.25, 0.3) is 0 Å². The molecule has 62 valence electrons. The van der Waals surface area contributed by atoms with Gasteiger partial charge in [-0.1, -0.05) is 13.0 Å². The lowest BCUT2D eigenvalue weighted by Crippen LogP contribution is -2.14. The summed E-state index contributed by atoms with van der Waals surface area (Å²) in [4.78, 5) is 21.3. The third-order valence-corrected chi connectivity index (χ3v) is 1.61. The monoisotopic (exact) mass is 154 g/mol. The number of hydrogen-bond donors (Lipinski definition) is 0. The largest absolute Gasteiger partial charge is 0.303 e. The van der Waals surface area contributed by atoms with Gasteiger partial charge in [-0.25, -0.2) is 0 Å². The second-order valence-corrected chi connectivity index (χ2v) is 2.43. The molecule has 0 amide bonds. The molecule has 0 aromatic rings. The molecule has 2 nitrogen and oxygen atoms in total. The molecular formula is C9H14O2. The van der Waals surface area contributed by atoms with Gasteiger partial charge in [0, 0.05) is 6.42 Å². The first-order chi connectivity index (χ1) is 5.26. The number of carbonyl (C=O) groups is 2. The maximum absolute atomic E-state index is 11.0. The van der Waals surface area contributed by atoms with Crippen LogP contribution in [0.2, 0.25) is 0 Å². The Balaban J connectivity index is 3.83. The fourth-order valence-corrected chi connectivity index (χ4v) is 0.865. The van der Waals surface area contributed by atoms with Crippen LogP contribution in [0.3, 0.4) is 0 Å². The van der Waals surface area contributed by atoms with Crippen molar-refractivity contribution in [3.63, 3.8) is 0 Å². The Bertz CT molecular complexity index is 150. The molecule has 0 saturated carbocycles. The Labute approximate surface area is 67.3 Å². The summed E-state index contributed by atoms with van der Waals surface area (Å²) < 4.78 is 0. The third kappa shape index (κ3) is 3.71. The highest BCUT2D eigenvalue weighted by Gasteiger charge is 2.13. The smallest absolute Gasteiger partial charge is 0.142 e. The molecule has 0 N–H and O–H groups in total. The molecule has 0 fully saturated rings. The Kier molecular flexibility index (Phi) is 5.35. The molecule has 0 aliphatic carbocycles. The van der Waals surface area contributed by atoms with E-state index in [2.05, 4.69) is 6.58 Å². The highest BCUT2D eigenvalue weighted by atomic mass is 16.1. The first-order valence-electron chi connectivity index (χ1n) is 3.85. The number of aldehydes is 1. The summed E-state index contributed by atoms with van der Waals surface area (Å²) in [6, 6.07) is 0. The topological polar surface area (TPSA) is 34.1 Å². The van der Waals surface area contributed by atoms with Gasteiger partial charge in [-0.2, -0.15) is 0 Å². The molecule has 0 spiro atoms. The summed E-state index contributed by atoms with van der Waals surface area (Å²) in [5.41, 5.74) is 0. The molecule has 0 rings (SSSR count). The molecule has 2 heteroatoms. The minimum absolute atomic E-state index is 0.0295. The van der Waals surface area contributed by atoms with Gasteiger partial charge in [0.05, 0.1) is 5.92 Å². The summed E-state index contributed by atoms with van der Waals surface area (Å²) in [6.07, 6.45) is 4.24. The molecule has 11 heavy (non-hydrogen) atoms. The quantitative estimate of drug-likeness (QED) is 0.332. The van der Waals surface area contributed by atoms with Crippen LogP contribution < -0.4 is 0 Å². The maximum Gasteiger partial charge on any atom is 0.142 e. The lowest BCUT2D eigenvalue weighted by Gasteiger charge is -2.04. The van der Waals surface area contributed by atoms with Crippen LogP contribution >= 0.6 is 0 Å². The van der Waals surface area contributed by atoms with Crippen LogP contribution in [0.1, 0.15) is 26.2 Å². The Morgan fingerprint density at radius 1 is 1.64 bits per heavy atom. The van der Waals surface area contributed by atoms with Crippen LogP contribution in [0, 0.1) is 5.92 Å². The molecule has 1 unspecified atom stereocenters. The molecule has 0 bridgehead atoms. The molecule has 0 saturated heterocycles. The molecule has 0 aliphatic heterocycles. The van der Waals surface area contributed by atoms with Gasteiger partial charge in [0.15, 0.2) is 0 Å². The van der Waals surface area contributed by atoms with Crippen molar-refractivity contribution in [2.75, 3.05) is 0 Å². The van der Waals surface area contributed by atoms with E-state index in [1.165, 1.54) is 0 Å². The van der Waals surface area contributed by atoms with E-state index in [1.807, 2.05) is 0 Å². The molecule has 0 aromatic heterocycles. The van der Waals surface area contributed by atoms with E-state index in [4.69, 9.17) is 0 Å². The fourth-order valence-electron chi connectivity index (χ4n) is 0.865. The first kappa shape index (κ1) is 10.1. The number of allylic oxidation sites excluding steroid dienone is 1. The Morgan fingerprint density at radius 3 is 2.64 bits per heavy atom. The molecule has 0 heterocycles. The summed E-state index contributed by atoms with van der Waals surface area (Å²) in [6.45, 7) is 5.30. The zero-order chi connectivity index (χ0) is 8.69. The van der Waals surface area contributed by atoms with E-state index < -0.39 is 5.92 Å². The Hall–Kier alpha value is -0.920. The van der Waals surface area contributed by atoms with Crippen LogP contribution in [-0.2, 0) is 9.59 Å². The van der Waals surface area contributed by atoms with Crippen LogP contribution in [0.5, 0.6) is 0 Å². The van der Waals surface area contributed by atoms with Gasteiger partial charge >= 0.3 is 0 Å². The SMILES string of the molecule is C=CCCC(C=O)C(=O)CC. The second-order valence-electron chi connectivity index (χ2n) is 2.43. The summed E-state index contributed by atoms with van der Waals surface area (Å²) >= 11 is 0. The minimum Gasteiger partial charge on any atom is -0.303 e. The maximum atomic E-state index is 11.0. The van der Waals surface area contributed by atoms with Gasteiger partial charge in [-0.15, -0.1) is 6.58 Å². The zero-order valence-electron chi connectivity index (χ0n) is 6.88. The van der Waals surface area contributed by atoms with Crippen molar-refractivity contribution in [2.24, 2.45) is 5.92 Å². The van der Waals surface area contributed by atoms with Crippen molar-refractivity contribution in [3.05, 3.63) is 12.7 Å². The Morgan fingerprint density at radius 2 is 2.27 bits per heavy atom. The lowest BCUT2D eigenvalue weighted by atomic mass is 9.98. The van der Waals surface area contributed by atoms with Gasteiger partial charge < -0.3 is 4.79 Å². The average Bonchev–Trinajstić information content (AvgIpc) is 2.05. The number of Topliss-reactive ketones (excluding diaryl/α,β-unsaturated/α-hetero) is 1. The van der Waals surface area contributed by atoms with Gasteiger partial charge in [-0.05, 0) is 12.8 Å². The molecule has 0 aromatic carbocycles. The van der Waals surface area contributed by atoms with Crippen LogP contribution in [0.4, 0.5) is 0 Å². The highest BCUT2D eigenvalue weighted by molar-refractivity contribution is 5.92. The lowest BCUT2D eigenvalue weighted by molar-refractivity contribution is -0.127. The predicted octanol–water partition coefficient (Wildman–Crippen LogP) is 1.75. The summed E-state index contributed by atoms with van der Waals surface area (Å²) in [5.74, 6) is -0.375. The van der Waals surface area contributed by atoms with E-state index in [0.717, 1.165) is 12.7 Å². The van der Waals surface area contributed by atoms with Gasteiger partial charge in [0.2, 0.25) is 0 Å².